The number of hydrogen-bond donors (Lipinski definition) is 4. The third kappa shape index (κ3) is 8.17. The van der Waals surface area contributed by atoms with E-state index in [9.17, 15) is 18.0 Å². The molecule has 0 spiro atoms. The highest BCUT2D eigenvalue weighted by atomic mass is 32.2. The van der Waals surface area contributed by atoms with Crippen molar-refractivity contribution in [1.82, 2.24) is 10.3 Å². The highest BCUT2D eigenvalue weighted by Gasteiger charge is 2.25. The van der Waals surface area contributed by atoms with Gasteiger partial charge in [-0.2, -0.15) is 0 Å². The number of unbranched alkanes of at least 4 members (excludes halogenated alkanes) is 1. The van der Waals surface area contributed by atoms with E-state index in [2.05, 4.69) is 10.3 Å². The largest absolute Gasteiger partial charge is 0.481 e. The molecule has 5 N–H and O–H groups in total. The number of carbonyl (C=O) groups excluding carboxylic acids is 1. The van der Waals surface area contributed by atoms with Crippen molar-refractivity contribution in [2.45, 2.75) is 43.2 Å². The van der Waals surface area contributed by atoms with E-state index in [4.69, 9.17) is 16.2 Å². The summed E-state index contributed by atoms with van der Waals surface area (Å²) in [4.78, 5) is 27.1. The average molecular weight is 447 g/mol. The van der Waals surface area contributed by atoms with Crippen molar-refractivity contribution in [3.8, 4) is 0 Å². The first-order valence-corrected chi connectivity index (χ1v) is 11.4. The molecule has 2 rings (SSSR count). The minimum absolute atomic E-state index is 0.00389. The van der Waals surface area contributed by atoms with Gasteiger partial charge < -0.3 is 16.2 Å². The van der Waals surface area contributed by atoms with Crippen LogP contribution in [0, 0.1) is 5.41 Å². The number of hydrogen-bond acceptors (Lipinski definition) is 6. The summed E-state index contributed by atoms with van der Waals surface area (Å²) in [5.74, 6) is -2.13. The molecular formula is C21H26N4O5S. The van der Waals surface area contributed by atoms with Gasteiger partial charge in [-0.05, 0) is 37.0 Å². The molecule has 1 atom stereocenters. The van der Waals surface area contributed by atoms with Crippen molar-refractivity contribution in [3.63, 3.8) is 0 Å². The van der Waals surface area contributed by atoms with Gasteiger partial charge >= 0.3 is 5.97 Å². The fourth-order valence-electron chi connectivity index (χ4n) is 3.01. The Kier molecular flexibility index (Phi) is 8.68. The van der Waals surface area contributed by atoms with Crippen LogP contribution in [0.15, 0.2) is 53.7 Å². The highest BCUT2D eigenvalue weighted by Crippen LogP contribution is 2.12. The Hall–Kier alpha value is -3.27. The van der Waals surface area contributed by atoms with Crippen LogP contribution in [0.2, 0.25) is 0 Å². The quantitative estimate of drug-likeness (QED) is 0.218. The standard InChI is InChI=1S/C21H26N4O5S/c22-21(23)16-10-8-15(9-11-16)5-1-2-6-18(26)25-17(13-20(27)28)14-31(29,30)19-7-3-4-12-24-19/h3-4,7-12,17H,1-2,5-6,13-14H2,(H3,22,23)(H,25,26)(H,27,28). The molecule has 0 aliphatic heterocycles. The smallest absolute Gasteiger partial charge is 0.305 e. The zero-order valence-corrected chi connectivity index (χ0v) is 17.8. The second-order valence-electron chi connectivity index (χ2n) is 7.13. The van der Waals surface area contributed by atoms with Gasteiger partial charge in [0.25, 0.3) is 0 Å². The van der Waals surface area contributed by atoms with E-state index in [0.717, 1.165) is 18.4 Å². The Morgan fingerprint density at radius 3 is 2.42 bits per heavy atom. The normalized spacial score (nSPS) is 12.1. The fourth-order valence-corrected chi connectivity index (χ4v) is 4.42. The van der Waals surface area contributed by atoms with Crippen LogP contribution in [0.3, 0.4) is 0 Å². The molecule has 0 saturated heterocycles. The number of aliphatic carboxylic acids is 1. The maximum Gasteiger partial charge on any atom is 0.305 e. The number of carboxylic acids is 1. The number of rotatable bonds is 12. The summed E-state index contributed by atoms with van der Waals surface area (Å²) in [6, 6.07) is 10.7. The number of aromatic nitrogens is 1. The number of amides is 1. The topological polar surface area (TPSA) is 163 Å². The lowest BCUT2D eigenvalue weighted by atomic mass is 10.0. The summed E-state index contributed by atoms with van der Waals surface area (Å²) in [7, 11) is -3.83. The van der Waals surface area contributed by atoms with Gasteiger partial charge in [-0.3, -0.25) is 15.0 Å². The molecule has 1 heterocycles. The molecule has 0 saturated carbocycles. The first-order chi connectivity index (χ1) is 14.7. The van der Waals surface area contributed by atoms with Gasteiger partial charge in [-0.15, -0.1) is 0 Å². The second kappa shape index (κ2) is 11.2. The van der Waals surface area contributed by atoms with Crippen molar-refractivity contribution in [1.29, 1.82) is 5.41 Å². The SMILES string of the molecule is N=C(N)c1ccc(CCCCC(=O)NC(CC(=O)O)CS(=O)(=O)c2ccccn2)cc1. The van der Waals surface area contributed by atoms with Crippen LogP contribution in [0.4, 0.5) is 0 Å². The first kappa shape index (κ1) is 24.0. The van der Waals surface area contributed by atoms with Gasteiger partial charge in [-0.1, -0.05) is 30.3 Å². The molecule has 2 aromatic rings. The molecule has 0 aliphatic carbocycles. The van der Waals surface area contributed by atoms with Crippen LogP contribution >= 0.6 is 0 Å². The molecule has 10 heteroatoms. The Morgan fingerprint density at radius 2 is 1.84 bits per heavy atom. The third-order valence-corrected chi connectivity index (χ3v) is 6.27. The van der Waals surface area contributed by atoms with Crippen LogP contribution in [0.5, 0.6) is 0 Å². The van der Waals surface area contributed by atoms with Gasteiger partial charge in [0.05, 0.1) is 18.2 Å². The van der Waals surface area contributed by atoms with Gasteiger partial charge in [-0.25, -0.2) is 13.4 Å². The van der Waals surface area contributed by atoms with E-state index >= 15 is 0 Å². The predicted molar refractivity (Wildman–Crippen MR) is 115 cm³/mol. The van der Waals surface area contributed by atoms with Gasteiger partial charge in [0.15, 0.2) is 14.9 Å². The van der Waals surface area contributed by atoms with Crippen molar-refractivity contribution < 1.29 is 23.1 Å². The molecule has 9 nitrogen and oxygen atoms in total. The van der Waals surface area contributed by atoms with Crippen LogP contribution in [0.25, 0.3) is 0 Å². The lowest BCUT2D eigenvalue weighted by Crippen LogP contribution is -2.41. The first-order valence-electron chi connectivity index (χ1n) is 9.75. The average Bonchev–Trinajstić information content (AvgIpc) is 2.71. The number of carbonyl (C=O) groups is 2. The van der Waals surface area contributed by atoms with Crippen LogP contribution in [0.1, 0.15) is 36.8 Å². The maximum absolute atomic E-state index is 12.5. The highest BCUT2D eigenvalue weighted by molar-refractivity contribution is 7.91. The zero-order chi connectivity index (χ0) is 22.9. The number of nitrogen functional groups attached to an aromatic ring is 1. The van der Waals surface area contributed by atoms with Gasteiger partial charge in [0.1, 0.15) is 5.84 Å². The summed E-state index contributed by atoms with van der Waals surface area (Å²) < 4.78 is 24.9. The van der Waals surface area contributed by atoms with Gasteiger partial charge in [0.2, 0.25) is 5.91 Å². The van der Waals surface area contributed by atoms with Crippen LogP contribution in [-0.2, 0) is 25.8 Å². The molecule has 31 heavy (non-hydrogen) atoms. The van der Waals surface area contributed by atoms with Crippen LogP contribution < -0.4 is 11.1 Å². The van der Waals surface area contributed by atoms with E-state index in [-0.39, 0.29) is 17.3 Å². The number of nitrogens with one attached hydrogen (secondary N) is 2. The number of nitrogens with zero attached hydrogens (tertiary/aromatic N) is 1. The molecule has 0 aliphatic rings. The Balaban J connectivity index is 1.85. The molecule has 0 fully saturated rings. The minimum atomic E-state index is -3.83. The lowest BCUT2D eigenvalue weighted by Gasteiger charge is -2.17. The third-order valence-electron chi connectivity index (χ3n) is 4.55. The number of carboxylic acid groups (broad SMARTS) is 1. The van der Waals surface area contributed by atoms with Crippen molar-refractivity contribution >= 4 is 27.5 Å². The van der Waals surface area contributed by atoms with E-state index < -0.39 is 39.9 Å². The van der Waals surface area contributed by atoms with Crippen molar-refractivity contribution in [3.05, 3.63) is 59.8 Å². The molecule has 1 aromatic carbocycles. The monoisotopic (exact) mass is 446 g/mol. The number of benzene rings is 1. The Morgan fingerprint density at radius 1 is 1.13 bits per heavy atom. The molecule has 1 unspecified atom stereocenters. The van der Waals surface area contributed by atoms with Gasteiger partial charge in [0, 0.05) is 18.2 Å². The molecule has 1 amide bonds. The van der Waals surface area contributed by atoms with Crippen LogP contribution in [-0.4, -0.2) is 48.0 Å². The molecule has 1 aromatic heterocycles. The lowest BCUT2D eigenvalue weighted by molar-refractivity contribution is -0.137. The van der Waals surface area contributed by atoms with Crippen molar-refractivity contribution in [2.75, 3.05) is 5.75 Å². The molecular weight excluding hydrogens is 420 g/mol. The zero-order valence-electron chi connectivity index (χ0n) is 17.0. The van der Waals surface area contributed by atoms with Crippen molar-refractivity contribution in [2.24, 2.45) is 5.73 Å². The van der Waals surface area contributed by atoms with E-state index in [1.165, 1.54) is 18.3 Å². The number of sulfone groups is 1. The van der Waals surface area contributed by atoms with E-state index in [1.54, 1.807) is 18.2 Å². The maximum atomic E-state index is 12.5. The summed E-state index contributed by atoms with van der Waals surface area (Å²) in [6.07, 6.45) is 3.02. The summed E-state index contributed by atoms with van der Waals surface area (Å²) in [6.45, 7) is 0. The van der Waals surface area contributed by atoms with E-state index in [1.807, 2.05) is 12.1 Å². The number of pyridine rings is 1. The van der Waals surface area contributed by atoms with E-state index in [0.29, 0.717) is 12.0 Å². The predicted octanol–water partition coefficient (Wildman–Crippen LogP) is 1.51. The Labute approximate surface area is 181 Å². The fraction of sp³-hybridized carbons (Fsp3) is 0.333. The molecule has 0 bridgehead atoms. The minimum Gasteiger partial charge on any atom is -0.481 e. The number of amidine groups is 1. The summed E-state index contributed by atoms with van der Waals surface area (Å²) >= 11 is 0. The molecule has 0 radical (unpaired) electrons. The Bertz CT molecular complexity index is 1010. The number of aryl methyl sites for hydroxylation is 1. The summed E-state index contributed by atoms with van der Waals surface area (Å²) in [5, 5.41) is 18.8. The molecule has 166 valence electrons. The second-order valence-corrected chi connectivity index (χ2v) is 9.11. The number of nitrogens with two attached hydrogens (primary N) is 1. The summed E-state index contributed by atoms with van der Waals surface area (Å²) in [5.41, 5.74) is 7.12.